The number of benzene rings is 2. The maximum atomic E-state index is 13.0. The Morgan fingerprint density at radius 1 is 1.21 bits per heavy atom. The second kappa shape index (κ2) is 7.64. The fourth-order valence-electron chi connectivity index (χ4n) is 2.35. The summed E-state index contributed by atoms with van der Waals surface area (Å²) in [5.41, 5.74) is 0.732. The highest BCUT2D eigenvalue weighted by Gasteiger charge is 2.31. The molecular weight excluding hydrogens is 333 g/mol. The van der Waals surface area contributed by atoms with Crippen molar-refractivity contribution >= 4 is 17.5 Å². The largest absolute Gasteiger partial charge is 0.484 e. The fraction of sp³-hybridized carbons (Fsp3) is 0.278. The number of halogens is 2. The molecule has 1 fully saturated rings. The zero-order chi connectivity index (χ0) is 16.9. The summed E-state index contributed by atoms with van der Waals surface area (Å²) >= 11 is 5.95. The van der Waals surface area contributed by atoms with E-state index in [1.807, 2.05) is 30.3 Å². The van der Waals surface area contributed by atoms with E-state index >= 15 is 0 Å². The Morgan fingerprint density at radius 2 is 1.96 bits per heavy atom. The molecule has 0 saturated carbocycles. The number of hydrogen-bond donors (Lipinski definition) is 0. The molecule has 0 bridgehead atoms. The molecule has 3 rings (SSSR count). The van der Waals surface area contributed by atoms with Crippen molar-refractivity contribution in [3.63, 3.8) is 0 Å². The van der Waals surface area contributed by atoms with Gasteiger partial charge < -0.3 is 14.4 Å². The van der Waals surface area contributed by atoms with Crippen molar-refractivity contribution in [3.05, 3.63) is 64.9 Å². The Bertz CT molecular complexity index is 705. The highest BCUT2D eigenvalue weighted by Crippen LogP contribution is 2.21. The molecule has 1 aliphatic rings. The molecule has 1 heterocycles. The summed E-state index contributed by atoms with van der Waals surface area (Å²) in [4.78, 5) is 13.7. The van der Waals surface area contributed by atoms with Crippen LogP contribution in [0.25, 0.3) is 0 Å². The standard InChI is InChI=1S/C18H17ClFNO3/c19-17-8-14(20)7-6-13(17)11-23-16-9-21(10-16)18(22)12-24-15-4-2-1-3-5-15/h1-8,16H,9-12H2. The molecule has 6 heteroatoms. The van der Waals surface area contributed by atoms with E-state index in [1.54, 1.807) is 11.0 Å². The fourth-order valence-corrected chi connectivity index (χ4v) is 2.57. The van der Waals surface area contributed by atoms with Gasteiger partial charge in [0.2, 0.25) is 0 Å². The number of para-hydroxylation sites is 1. The van der Waals surface area contributed by atoms with Gasteiger partial charge in [0.05, 0.1) is 12.7 Å². The van der Waals surface area contributed by atoms with Crippen LogP contribution in [-0.2, 0) is 16.1 Å². The zero-order valence-electron chi connectivity index (χ0n) is 13.0. The zero-order valence-corrected chi connectivity index (χ0v) is 13.7. The summed E-state index contributed by atoms with van der Waals surface area (Å²) in [6, 6.07) is 13.4. The number of amides is 1. The highest BCUT2D eigenvalue weighted by atomic mass is 35.5. The van der Waals surface area contributed by atoms with Crippen LogP contribution in [0, 0.1) is 5.82 Å². The van der Waals surface area contributed by atoms with Gasteiger partial charge >= 0.3 is 0 Å². The van der Waals surface area contributed by atoms with E-state index in [9.17, 15) is 9.18 Å². The Hall–Kier alpha value is -2.11. The van der Waals surface area contributed by atoms with Crippen molar-refractivity contribution in [1.82, 2.24) is 4.90 Å². The third-order valence-corrected chi connectivity index (χ3v) is 4.15. The number of ether oxygens (including phenoxy) is 2. The predicted octanol–water partition coefficient (Wildman–Crippen LogP) is 3.29. The van der Waals surface area contributed by atoms with Crippen LogP contribution in [0.15, 0.2) is 48.5 Å². The SMILES string of the molecule is O=C(COc1ccccc1)N1CC(OCc2ccc(F)cc2Cl)C1. The molecular formula is C18H17ClFNO3. The first-order chi connectivity index (χ1) is 11.6. The molecule has 0 spiro atoms. The van der Waals surface area contributed by atoms with Crippen molar-refractivity contribution in [2.24, 2.45) is 0 Å². The van der Waals surface area contributed by atoms with E-state index in [4.69, 9.17) is 21.1 Å². The van der Waals surface area contributed by atoms with E-state index in [2.05, 4.69) is 0 Å². The number of hydrogen-bond acceptors (Lipinski definition) is 3. The Balaban J connectivity index is 1.38. The molecule has 0 radical (unpaired) electrons. The Labute approximate surface area is 144 Å². The van der Waals surface area contributed by atoms with Gasteiger partial charge in [0.25, 0.3) is 5.91 Å². The minimum absolute atomic E-state index is 0.0144. The second-order valence-electron chi connectivity index (χ2n) is 5.57. The van der Waals surface area contributed by atoms with Gasteiger partial charge in [-0.05, 0) is 29.8 Å². The maximum absolute atomic E-state index is 13.0. The first kappa shape index (κ1) is 16.7. The van der Waals surface area contributed by atoms with Crippen molar-refractivity contribution in [2.45, 2.75) is 12.7 Å². The van der Waals surface area contributed by atoms with Gasteiger partial charge in [0.15, 0.2) is 6.61 Å². The van der Waals surface area contributed by atoms with E-state index in [0.717, 1.165) is 5.56 Å². The Morgan fingerprint density at radius 3 is 2.67 bits per heavy atom. The summed E-state index contributed by atoms with van der Waals surface area (Å²) in [5.74, 6) is 0.228. The molecule has 0 aromatic heterocycles. The van der Waals surface area contributed by atoms with Crippen LogP contribution >= 0.6 is 11.6 Å². The van der Waals surface area contributed by atoms with Gasteiger partial charge in [0, 0.05) is 18.1 Å². The van der Waals surface area contributed by atoms with Crippen LogP contribution in [0.3, 0.4) is 0 Å². The van der Waals surface area contributed by atoms with Crippen molar-refractivity contribution < 1.29 is 18.7 Å². The molecule has 0 unspecified atom stereocenters. The lowest BCUT2D eigenvalue weighted by molar-refractivity contribution is -0.148. The summed E-state index contributed by atoms with van der Waals surface area (Å²) in [5, 5.41) is 0.346. The molecule has 2 aromatic carbocycles. The lowest BCUT2D eigenvalue weighted by Gasteiger charge is -2.38. The van der Waals surface area contributed by atoms with Crippen LogP contribution in [0.4, 0.5) is 4.39 Å². The Kier molecular flexibility index (Phi) is 5.33. The van der Waals surface area contributed by atoms with Gasteiger partial charge in [-0.3, -0.25) is 4.79 Å². The van der Waals surface area contributed by atoms with Crippen LogP contribution in [0.5, 0.6) is 5.75 Å². The molecule has 0 aliphatic carbocycles. The number of carbonyl (C=O) groups is 1. The number of nitrogens with zero attached hydrogens (tertiary/aromatic N) is 1. The third-order valence-electron chi connectivity index (χ3n) is 3.80. The smallest absolute Gasteiger partial charge is 0.260 e. The number of likely N-dealkylation sites (tertiary alicyclic amines) is 1. The normalized spacial score (nSPS) is 14.3. The molecule has 24 heavy (non-hydrogen) atoms. The van der Waals surface area contributed by atoms with Crippen LogP contribution in [0.1, 0.15) is 5.56 Å². The van der Waals surface area contributed by atoms with Crippen molar-refractivity contribution in [2.75, 3.05) is 19.7 Å². The minimum Gasteiger partial charge on any atom is -0.484 e. The molecule has 0 N–H and O–H groups in total. The summed E-state index contributed by atoms with van der Waals surface area (Å²) in [6.07, 6.45) is -0.0354. The van der Waals surface area contributed by atoms with E-state index in [1.165, 1.54) is 12.1 Å². The van der Waals surface area contributed by atoms with E-state index in [-0.39, 0.29) is 24.4 Å². The third kappa shape index (κ3) is 4.24. The molecule has 1 amide bonds. The number of rotatable bonds is 6. The van der Waals surface area contributed by atoms with Gasteiger partial charge in [-0.2, -0.15) is 0 Å². The minimum atomic E-state index is -0.373. The average molecular weight is 350 g/mol. The van der Waals surface area contributed by atoms with E-state index < -0.39 is 0 Å². The van der Waals surface area contributed by atoms with Crippen molar-refractivity contribution in [1.29, 1.82) is 0 Å². The van der Waals surface area contributed by atoms with Gasteiger partial charge in [-0.15, -0.1) is 0 Å². The lowest BCUT2D eigenvalue weighted by Crippen LogP contribution is -2.55. The topological polar surface area (TPSA) is 38.8 Å². The molecule has 1 saturated heterocycles. The molecule has 126 valence electrons. The van der Waals surface area contributed by atoms with Crippen molar-refractivity contribution in [3.8, 4) is 5.75 Å². The summed E-state index contributed by atoms with van der Waals surface area (Å²) < 4.78 is 24.1. The molecule has 1 aliphatic heterocycles. The van der Waals surface area contributed by atoms with Crippen LogP contribution < -0.4 is 4.74 Å². The first-order valence-electron chi connectivity index (χ1n) is 7.63. The van der Waals surface area contributed by atoms with Gasteiger partial charge in [0.1, 0.15) is 11.6 Å². The summed E-state index contributed by atoms with van der Waals surface area (Å²) in [7, 11) is 0. The lowest BCUT2D eigenvalue weighted by atomic mass is 10.1. The maximum Gasteiger partial charge on any atom is 0.260 e. The molecule has 0 atom stereocenters. The first-order valence-corrected chi connectivity index (χ1v) is 8.01. The van der Waals surface area contributed by atoms with Crippen LogP contribution in [0.2, 0.25) is 5.02 Å². The quantitative estimate of drug-likeness (QED) is 0.803. The van der Waals surface area contributed by atoms with Gasteiger partial charge in [-0.1, -0.05) is 35.9 Å². The monoisotopic (exact) mass is 349 g/mol. The number of carbonyl (C=O) groups excluding carboxylic acids is 1. The van der Waals surface area contributed by atoms with Crippen LogP contribution in [-0.4, -0.2) is 36.6 Å². The average Bonchev–Trinajstić information content (AvgIpc) is 2.54. The molecule has 4 nitrogen and oxygen atoms in total. The predicted molar refractivity (Wildman–Crippen MR) is 88.5 cm³/mol. The highest BCUT2D eigenvalue weighted by molar-refractivity contribution is 6.31. The molecule has 2 aromatic rings. The van der Waals surface area contributed by atoms with E-state index in [0.29, 0.717) is 30.5 Å². The summed E-state index contributed by atoms with van der Waals surface area (Å²) in [6.45, 7) is 1.36. The van der Waals surface area contributed by atoms with Gasteiger partial charge in [-0.25, -0.2) is 4.39 Å². The second-order valence-corrected chi connectivity index (χ2v) is 5.98.